The van der Waals surface area contributed by atoms with Gasteiger partial charge in [-0.2, -0.15) is 0 Å². The third kappa shape index (κ3) is 3.32. The molecule has 1 aliphatic carbocycles. The maximum absolute atomic E-state index is 12.3. The third-order valence-electron chi connectivity index (χ3n) is 4.61. The van der Waals surface area contributed by atoms with Crippen molar-refractivity contribution in [1.82, 2.24) is 10.3 Å². The first kappa shape index (κ1) is 16.2. The Kier molecular flexibility index (Phi) is 4.64. The van der Waals surface area contributed by atoms with Crippen LogP contribution < -0.4 is 5.32 Å². The van der Waals surface area contributed by atoms with E-state index in [1.807, 2.05) is 30.3 Å². The summed E-state index contributed by atoms with van der Waals surface area (Å²) in [5, 5.41) is 12.3. The van der Waals surface area contributed by atoms with Crippen LogP contribution in [0, 0.1) is 5.41 Å². The van der Waals surface area contributed by atoms with E-state index in [2.05, 4.69) is 10.3 Å². The number of nitrogens with one attached hydrogen (secondary N) is 1. The zero-order valence-corrected chi connectivity index (χ0v) is 13.3. The first-order valence-corrected chi connectivity index (χ1v) is 8.13. The molecular formula is C18H20N2O4. The van der Waals surface area contributed by atoms with Crippen molar-refractivity contribution in [2.24, 2.45) is 5.41 Å². The summed E-state index contributed by atoms with van der Waals surface area (Å²) in [7, 11) is 0. The van der Waals surface area contributed by atoms with E-state index < -0.39 is 17.3 Å². The van der Waals surface area contributed by atoms with Gasteiger partial charge in [0.1, 0.15) is 6.26 Å². The van der Waals surface area contributed by atoms with Gasteiger partial charge in [0.05, 0.1) is 5.41 Å². The molecule has 1 fully saturated rings. The normalized spacial score (nSPS) is 16.5. The van der Waals surface area contributed by atoms with Crippen molar-refractivity contribution in [3.8, 4) is 11.5 Å². The second-order valence-corrected chi connectivity index (χ2v) is 6.23. The van der Waals surface area contributed by atoms with Crippen molar-refractivity contribution in [1.29, 1.82) is 0 Å². The van der Waals surface area contributed by atoms with Crippen LogP contribution >= 0.6 is 0 Å². The van der Waals surface area contributed by atoms with Crippen molar-refractivity contribution >= 4 is 11.9 Å². The van der Waals surface area contributed by atoms with Crippen molar-refractivity contribution < 1.29 is 19.1 Å². The molecule has 0 aliphatic heterocycles. The van der Waals surface area contributed by atoms with E-state index in [-0.39, 0.29) is 12.2 Å². The molecule has 1 amide bonds. The minimum atomic E-state index is -0.861. The van der Waals surface area contributed by atoms with Gasteiger partial charge in [-0.15, -0.1) is 0 Å². The van der Waals surface area contributed by atoms with Gasteiger partial charge in [-0.1, -0.05) is 37.5 Å². The van der Waals surface area contributed by atoms with Crippen LogP contribution in [0.5, 0.6) is 0 Å². The third-order valence-corrected chi connectivity index (χ3v) is 4.61. The fourth-order valence-electron chi connectivity index (χ4n) is 3.13. The number of hydrogen-bond acceptors (Lipinski definition) is 4. The lowest BCUT2D eigenvalue weighted by atomic mass is 9.74. The van der Waals surface area contributed by atoms with Gasteiger partial charge in [0.25, 0.3) is 5.91 Å². The van der Waals surface area contributed by atoms with Crippen LogP contribution in [0.1, 0.15) is 42.6 Å². The molecule has 0 atom stereocenters. The average molecular weight is 328 g/mol. The Morgan fingerprint density at radius 1 is 1.17 bits per heavy atom. The van der Waals surface area contributed by atoms with Crippen LogP contribution in [0.15, 0.2) is 41.0 Å². The van der Waals surface area contributed by atoms with E-state index in [0.717, 1.165) is 24.8 Å². The Hall–Kier alpha value is -2.63. The summed E-state index contributed by atoms with van der Waals surface area (Å²) in [6.45, 7) is 0.120. The highest BCUT2D eigenvalue weighted by Crippen LogP contribution is 2.36. The van der Waals surface area contributed by atoms with Crippen LogP contribution in [0.4, 0.5) is 0 Å². The van der Waals surface area contributed by atoms with Crippen molar-refractivity contribution in [3.05, 3.63) is 42.3 Å². The molecule has 1 saturated carbocycles. The highest BCUT2D eigenvalue weighted by atomic mass is 16.4. The first-order chi connectivity index (χ1) is 11.6. The molecule has 1 heterocycles. The number of carbonyl (C=O) groups excluding carboxylic acids is 1. The Morgan fingerprint density at radius 2 is 1.88 bits per heavy atom. The van der Waals surface area contributed by atoms with Gasteiger partial charge in [-0.25, -0.2) is 4.98 Å². The summed E-state index contributed by atoms with van der Waals surface area (Å²) in [6, 6.07) is 9.29. The number of carbonyl (C=O) groups is 2. The number of amides is 1. The summed E-state index contributed by atoms with van der Waals surface area (Å²) < 4.78 is 5.35. The molecule has 1 aromatic carbocycles. The Bertz CT molecular complexity index is 718. The van der Waals surface area contributed by atoms with Crippen molar-refractivity contribution in [2.75, 3.05) is 6.54 Å². The topological polar surface area (TPSA) is 92.4 Å². The molecule has 126 valence electrons. The zero-order valence-electron chi connectivity index (χ0n) is 13.3. The Labute approximate surface area is 139 Å². The summed E-state index contributed by atoms with van der Waals surface area (Å²) in [4.78, 5) is 28.1. The van der Waals surface area contributed by atoms with Gasteiger partial charge < -0.3 is 14.8 Å². The molecule has 2 N–H and O–H groups in total. The number of carboxylic acid groups (broad SMARTS) is 1. The number of hydrogen-bond donors (Lipinski definition) is 2. The lowest BCUT2D eigenvalue weighted by molar-refractivity contribution is -0.150. The molecule has 0 unspecified atom stereocenters. The summed E-state index contributed by atoms with van der Waals surface area (Å²) in [5.74, 6) is -0.883. The van der Waals surface area contributed by atoms with Crippen LogP contribution in [-0.4, -0.2) is 28.5 Å². The standard InChI is InChI=1S/C18H20N2O4/c21-15(19-12-18(17(22)23)9-5-2-6-10-18)14-11-24-16(20-14)13-7-3-1-4-8-13/h1,3-4,7-8,11H,2,5-6,9-10,12H2,(H,19,21)(H,22,23). The van der Waals surface area contributed by atoms with E-state index in [0.29, 0.717) is 18.7 Å². The second kappa shape index (κ2) is 6.86. The lowest BCUT2D eigenvalue weighted by Gasteiger charge is -2.33. The van der Waals surface area contributed by atoms with Crippen LogP contribution in [-0.2, 0) is 4.79 Å². The minimum Gasteiger partial charge on any atom is -0.481 e. The Balaban J connectivity index is 1.67. The number of oxazole rings is 1. The molecule has 6 heteroatoms. The van der Waals surface area contributed by atoms with Crippen molar-refractivity contribution in [3.63, 3.8) is 0 Å². The number of aliphatic carboxylic acids is 1. The summed E-state index contributed by atoms with van der Waals surface area (Å²) in [6.07, 6.45) is 5.29. The molecule has 0 saturated heterocycles. The van der Waals surface area contributed by atoms with Gasteiger partial charge in [0.15, 0.2) is 5.69 Å². The molecule has 0 spiro atoms. The maximum Gasteiger partial charge on any atom is 0.311 e. The molecule has 3 rings (SSSR count). The van der Waals surface area contributed by atoms with Gasteiger partial charge >= 0.3 is 5.97 Å². The molecule has 2 aromatic rings. The Morgan fingerprint density at radius 3 is 2.54 bits per heavy atom. The molecule has 6 nitrogen and oxygen atoms in total. The van der Waals surface area contributed by atoms with Crippen LogP contribution in [0.2, 0.25) is 0 Å². The maximum atomic E-state index is 12.3. The number of aromatic nitrogens is 1. The predicted molar refractivity (Wildman–Crippen MR) is 87.4 cm³/mol. The van der Waals surface area contributed by atoms with Gasteiger partial charge in [-0.05, 0) is 25.0 Å². The van der Waals surface area contributed by atoms with Gasteiger partial charge in [0, 0.05) is 12.1 Å². The molecule has 24 heavy (non-hydrogen) atoms. The molecule has 1 aliphatic rings. The number of benzene rings is 1. The number of carboxylic acids is 1. The largest absolute Gasteiger partial charge is 0.481 e. The first-order valence-electron chi connectivity index (χ1n) is 8.13. The van der Waals surface area contributed by atoms with E-state index in [1.165, 1.54) is 6.26 Å². The quantitative estimate of drug-likeness (QED) is 0.880. The average Bonchev–Trinajstić information content (AvgIpc) is 3.11. The van der Waals surface area contributed by atoms with E-state index in [1.54, 1.807) is 0 Å². The van der Waals surface area contributed by atoms with E-state index in [9.17, 15) is 14.7 Å². The highest BCUT2D eigenvalue weighted by Gasteiger charge is 2.40. The SMILES string of the molecule is O=C(NCC1(C(=O)O)CCCCC1)c1coc(-c2ccccc2)n1. The van der Waals surface area contributed by atoms with Gasteiger partial charge in [0.2, 0.25) is 5.89 Å². The summed E-state index contributed by atoms with van der Waals surface area (Å²) in [5.41, 5.74) is 0.0796. The molecule has 0 bridgehead atoms. The zero-order chi connectivity index (χ0) is 17.0. The predicted octanol–water partition coefficient (Wildman–Crippen LogP) is 3.11. The lowest BCUT2D eigenvalue weighted by Crippen LogP contribution is -2.44. The second-order valence-electron chi connectivity index (χ2n) is 6.23. The van der Waals surface area contributed by atoms with Gasteiger partial charge in [-0.3, -0.25) is 9.59 Å². The van der Waals surface area contributed by atoms with Crippen LogP contribution in [0.3, 0.4) is 0 Å². The monoisotopic (exact) mass is 328 g/mol. The minimum absolute atomic E-state index is 0.120. The van der Waals surface area contributed by atoms with E-state index in [4.69, 9.17) is 4.42 Å². The fraction of sp³-hybridized carbons (Fsp3) is 0.389. The van der Waals surface area contributed by atoms with Crippen LogP contribution in [0.25, 0.3) is 11.5 Å². The molecule has 1 aromatic heterocycles. The smallest absolute Gasteiger partial charge is 0.311 e. The highest BCUT2D eigenvalue weighted by molar-refractivity contribution is 5.92. The summed E-state index contributed by atoms with van der Waals surface area (Å²) >= 11 is 0. The number of rotatable bonds is 5. The fourth-order valence-corrected chi connectivity index (χ4v) is 3.13. The number of nitrogens with zero attached hydrogens (tertiary/aromatic N) is 1. The molecule has 0 radical (unpaired) electrons. The molecular weight excluding hydrogens is 308 g/mol. The van der Waals surface area contributed by atoms with E-state index >= 15 is 0 Å². The van der Waals surface area contributed by atoms with Crippen molar-refractivity contribution in [2.45, 2.75) is 32.1 Å².